The van der Waals surface area contributed by atoms with E-state index >= 15 is 0 Å². The Kier molecular flexibility index (Phi) is 4.97. The van der Waals surface area contributed by atoms with Gasteiger partial charge in [-0.15, -0.1) is 0 Å². The summed E-state index contributed by atoms with van der Waals surface area (Å²) in [5, 5.41) is -0.367. The maximum atomic E-state index is 13.0. The molecule has 0 radical (unpaired) electrons. The smallest absolute Gasteiger partial charge is 0.416 e. The normalized spacial score (nSPS) is 11.4. The number of aromatic nitrogens is 1. The number of carbonyl (C=O) groups excluding carboxylic acids is 1. The van der Waals surface area contributed by atoms with Crippen LogP contribution in [0.2, 0.25) is 0 Å². The van der Waals surface area contributed by atoms with Gasteiger partial charge >= 0.3 is 6.18 Å². The molecule has 1 aromatic heterocycles. The van der Waals surface area contributed by atoms with Crippen molar-refractivity contribution < 1.29 is 30.4 Å². The summed E-state index contributed by atoms with van der Waals surface area (Å²) in [5.74, 6) is 0. The molecule has 0 spiro atoms. The van der Waals surface area contributed by atoms with Gasteiger partial charge in [-0.3, -0.25) is 4.79 Å². The van der Waals surface area contributed by atoms with Crippen LogP contribution in [0.15, 0.2) is 48.5 Å². The fraction of sp³-hybridized carbons (Fsp3) is 0.118. The Labute approximate surface area is 147 Å². The van der Waals surface area contributed by atoms with E-state index in [-0.39, 0.29) is 18.1 Å². The van der Waals surface area contributed by atoms with E-state index in [9.17, 15) is 18.0 Å². The van der Waals surface area contributed by atoms with Gasteiger partial charge in [0.05, 0.1) is 5.56 Å². The Bertz CT molecular complexity index is 902. The minimum atomic E-state index is -4.46. The zero-order chi connectivity index (χ0) is 16.8. The number of benzene rings is 2. The molecular formula is C17H11Cl2F3NO-. The number of hydrogen-bond donors (Lipinski definition) is 0. The molecule has 2 aromatic carbocycles. The topological polar surface area (TPSA) is 22.0 Å². The first kappa shape index (κ1) is 18.4. The van der Waals surface area contributed by atoms with E-state index in [4.69, 9.17) is 11.6 Å². The fourth-order valence-electron chi connectivity index (χ4n) is 2.75. The molecule has 0 atom stereocenters. The summed E-state index contributed by atoms with van der Waals surface area (Å²) in [4.78, 5) is 11.8. The predicted octanol–water partition coefficient (Wildman–Crippen LogP) is 2.25. The lowest BCUT2D eigenvalue weighted by molar-refractivity contribution is -0.137. The Morgan fingerprint density at radius 2 is 1.71 bits per heavy atom. The van der Waals surface area contributed by atoms with Gasteiger partial charge in [0.25, 0.3) is 5.24 Å². The molecule has 0 fully saturated rings. The Morgan fingerprint density at radius 1 is 1.08 bits per heavy atom. The van der Waals surface area contributed by atoms with Gasteiger partial charge in [-0.25, -0.2) is 0 Å². The third-order valence-electron chi connectivity index (χ3n) is 3.78. The molecule has 0 saturated carbocycles. The SMILES string of the molecule is Cn1c(C(=O)Cl)c(-c2ccccc2)c2cc(C(F)(F)F)ccc21.[Cl-]. The highest BCUT2D eigenvalue weighted by molar-refractivity contribution is 6.68. The highest BCUT2D eigenvalue weighted by atomic mass is 35.5. The van der Waals surface area contributed by atoms with Crippen molar-refractivity contribution in [1.29, 1.82) is 0 Å². The molecule has 126 valence electrons. The van der Waals surface area contributed by atoms with Crippen LogP contribution >= 0.6 is 11.6 Å². The van der Waals surface area contributed by atoms with E-state index in [1.807, 2.05) is 0 Å². The number of hydrogen-bond acceptors (Lipinski definition) is 1. The van der Waals surface area contributed by atoms with E-state index in [2.05, 4.69) is 0 Å². The molecule has 0 aliphatic carbocycles. The van der Waals surface area contributed by atoms with Crippen LogP contribution in [0.5, 0.6) is 0 Å². The second kappa shape index (κ2) is 6.49. The van der Waals surface area contributed by atoms with Crippen LogP contribution in [0.1, 0.15) is 16.1 Å². The van der Waals surface area contributed by atoms with Crippen LogP contribution in [-0.4, -0.2) is 9.81 Å². The predicted molar refractivity (Wildman–Crippen MR) is 83.5 cm³/mol. The quantitative estimate of drug-likeness (QED) is 0.632. The van der Waals surface area contributed by atoms with Crippen LogP contribution in [0.3, 0.4) is 0 Å². The molecule has 0 aliphatic heterocycles. The van der Waals surface area contributed by atoms with Gasteiger partial charge < -0.3 is 17.0 Å². The summed E-state index contributed by atoms with van der Waals surface area (Å²) >= 11 is 5.68. The number of alkyl halides is 3. The average molecular weight is 373 g/mol. The fourth-order valence-corrected chi connectivity index (χ4v) is 2.97. The van der Waals surface area contributed by atoms with Crippen LogP contribution in [0, 0.1) is 0 Å². The molecule has 0 unspecified atom stereocenters. The lowest BCUT2D eigenvalue weighted by Crippen LogP contribution is -3.00. The van der Waals surface area contributed by atoms with E-state index in [0.29, 0.717) is 22.0 Å². The molecular weight excluding hydrogens is 362 g/mol. The lowest BCUT2D eigenvalue weighted by Gasteiger charge is -2.07. The van der Waals surface area contributed by atoms with Gasteiger partial charge in [-0.05, 0) is 35.4 Å². The van der Waals surface area contributed by atoms with Crippen molar-refractivity contribution in [2.75, 3.05) is 0 Å². The largest absolute Gasteiger partial charge is 1.00 e. The minimum absolute atomic E-state index is 0. The summed E-state index contributed by atoms with van der Waals surface area (Å²) in [6.07, 6.45) is -4.46. The van der Waals surface area contributed by atoms with E-state index in [1.54, 1.807) is 37.4 Å². The monoisotopic (exact) mass is 372 g/mol. The Morgan fingerprint density at radius 3 is 2.25 bits per heavy atom. The molecule has 24 heavy (non-hydrogen) atoms. The van der Waals surface area contributed by atoms with Crippen LogP contribution in [-0.2, 0) is 13.2 Å². The van der Waals surface area contributed by atoms with Crippen molar-refractivity contribution in [3.05, 3.63) is 59.8 Å². The number of carbonyl (C=O) groups is 1. The summed E-state index contributed by atoms with van der Waals surface area (Å²) in [6, 6.07) is 12.2. The van der Waals surface area contributed by atoms with Crippen LogP contribution in [0.4, 0.5) is 13.2 Å². The first-order chi connectivity index (χ1) is 10.8. The van der Waals surface area contributed by atoms with Gasteiger partial charge in [0.15, 0.2) is 0 Å². The molecule has 1 heterocycles. The lowest BCUT2D eigenvalue weighted by atomic mass is 10.0. The second-order valence-electron chi connectivity index (χ2n) is 5.15. The van der Waals surface area contributed by atoms with Gasteiger partial charge in [-0.1, -0.05) is 30.3 Å². The molecule has 0 bridgehead atoms. The highest BCUT2D eigenvalue weighted by Gasteiger charge is 2.32. The zero-order valence-corrected chi connectivity index (χ0v) is 13.9. The highest BCUT2D eigenvalue weighted by Crippen LogP contribution is 2.38. The van der Waals surface area contributed by atoms with Gasteiger partial charge in [0.2, 0.25) is 0 Å². The van der Waals surface area contributed by atoms with E-state index in [1.165, 1.54) is 10.6 Å². The molecule has 0 aliphatic rings. The van der Waals surface area contributed by atoms with Crippen molar-refractivity contribution in [3.8, 4) is 11.1 Å². The number of fused-ring (bicyclic) bond motifs is 1. The van der Waals surface area contributed by atoms with Crippen molar-refractivity contribution in [2.45, 2.75) is 6.18 Å². The average Bonchev–Trinajstić information content (AvgIpc) is 2.80. The summed E-state index contributed by atoms with van der Waals surface area (Å²) < 4.78 is 40.6. The van der Waals surface area contributed by atoms with Crippen molar-refractivity contribution in [1.82, 2.24) is 4.57 Å². The number of nitrogens with zero attached hydrogens (tertiary/aromatic N) is 1. The first-order valence-corrected chi connectivity index (χ1v) is 7.13. The third-order valence-corrected chi connectivity index (χ3v) is 3.95. The maximum Gasteiger partial charge on any atom is 0.416 e. The summed E-state index contributed by atoms with van der Waals surface area (Å²) in [6.45, 7) is 0. The van der Waals surface area contributed by atoms with Gasteiger partial charge in [0, 0.05) is 23.5 Å². The molecule has 0 amide bonds. The standard InChI is InChI=1S/C17H11ClF3NO.ClH/c1-22-13-8-7-11(17(19,20)21)9-12(13)14(15(22)16(18)23)10-5-3-2-4-6-10;/h2-9H,1H3;1H/p-1. The number of halogens is 5. The molecule has 3 aromatic rings. The Balaban J connectivity index is 0.00000208. The van der Waals surface area contributed by atoms with Crippen molar-refractivity contribution >= 4 is 27.7 Å². The molecule has 7 heteroatoms. The summed E-state index contributed by atoms with van der Waals surface area (Å²) in [5.41, 5.74) is 0.977. The first-order valence-electron chi connectivity index (χ1n) is 6.75. The van der Waals surface area contributed by atoms with Crippen LogP contribution < -0.4 is 12.4 Å². The number of aryl methyl sites for hydroxylation is 1. The molecule has 0 N–H and O–H groups in total. The Hall–Kier alpha value is -1.98. The van der Waals surface area contributed by atoms with Crippen molar-refractivity contribution in [3.63, 3.8) is 0 Å². The van der Waals surface area contributed by atoms with E-state index < -0.39 is 17.0 Å². The van der Waals surface area contributed by atoms with Gasteiger partial charge in [-0.2, -0.15) is 13.2 Å². The maximum absolute atomic E-state index is 13.0. The van der Waals surface area contributed by atoms with Crippen molar-refractivity contribution in [2.24, 2.45) is 7.05 Å². The van der Waals surface area contributed by atoms with E-state index in [0.717, 1.165) is 12.1 Å². The minimum Gasteiger partial charge on any atom is -1.00 e. The van der Waals surface area contributed by atoms with Gasteiger partial charge in [0.1, 0.15) is 5.69 Å². The zero-order valence-electron chi connectivity index (χ0n) is 12.4. The third kappa shape index (κ3) is 3.01. The summed E-state index contributed by atoms with van der Waals surface area (Å²) in [7, 11) is 1.61. The second-order valence-corrected chi connectivity index (χ2v) is 5.50. The van der Waals surface area contributed by atoms with Crippen LogP contribution in [0.25, 0.3) is 22.0 Å². The molecule has 0 saturated heterocycles. The molecule has 3 rings (SSSR count). The molecule has 2 nitrogen and oxygen atoms in total. The number of rotatable bonds is 2.